The third-order valence-electron chi connectivity index (χ3n) is 7.92. The lowest BCUT2D eigenvalue weighted by atomic mass is 9.82. The maximum absolute atomic E-state index is 12.2. The molecule has 1 unspecified atom stereocenters. The predicted octanol–water partition coefficient (Wildman–Crippen LogP) is 10.4. The van der Waals surface area contributed by atoms with Crippen LogP contribution in [0.15, 0.2) is 71.8 Å². The number of ether oxygens (including phenoxy) is 3. The van der Waals surface area contributed by atoms with Crippen molar-refractivity contribution in [2.45, 2.75) is 95.8 Å². The molecule has 0 bridgehead atoms. The van der Waals surface area contributed by atoms with Crippen molar-refractivity contribution in [3.05, 3.63) is 105 Å². The largest absolute Gasteiger partial charge is 0.497 e. The molecule has 7 nitrogen and oxygen atoms in total. The van der Waals surface area contributed by atoms with Gasteiger partial charge in [0, 0.05) is 17.9 Å². The zero-order valence-corrected chi connectivity index (χ0v) is 29.3. The molecule has 248 valence electrons. The van der Waals surface area contributed by atoms with Crippen LogP contribution >= 0.6 is 11.8 Å². The van der Waals surface area contributed by atoms with E-state index in [1.807, 2.05) is 44.7 Å². The van der Waals surface area contributed by atoms with E-state index in [1.54, 1.807) is 14.2 Å². The van der Waals surface area contributed by atoms with E-state index in [9.17, 15) is 4.79 Å². The van der Waals surface area contributed by atoms with Gasteiger partial charge < -0.3 is 14.2 Å². The van der Waals surface area contributed by atoms with Gasteiger partial charge in [-0.15, -0.1) is 11.8 Å². The number of azide groups is 1. The summed E-state index contributed by atoms with van der Waals surface area (Å²) < 4.78 is 16.4. The highest BCUT2D eigenvalue weighted by atomic mass is 32.2. The molecular formula is C38H51N3O4S. The number of methoxy groups -OCH3 is 2. The summed E-state index contributed by atoms with van der Waals surface area (Å²) in [6.07, 6.45) is 8.07. The normalized spacial score (nSPS) is 12.6. The lowest BCUT2D eigenvalue weighted by Gasteiger charge is -2.36. The van der Waals surface area contributed by atoms with Crippen molar-refractivity contribution in [1.29, 1.82) is 0 Å². The van der Waals surface area contributed by atoms with Crippen molar-refractivity contribution in [3.63, 3.8) is 0 Å². The Balaban J connectivity index is 1.94. The number of aryl methyl sites for hydroxylation is 2. The molecule has 0 amide bonds. The zero-order chi connectivity index (χ0) is 33.4. The van der Waals surface area contributed by atoms with Gasteiger partial charge in [0.25, 0.3) is 0 Å². The molecule has 8 heteroatoms. The molecule has 1 atom stereocenters. The number of nitrogens with zero attached hydrogens (tertiary/aromatic N) is 3. The molecule has 0 aromatic heterocycles. The molecule has 0 saturated carbocycles. The van der Waals surface area contributed by atoms with Gasteiger partial charge in [-0.05, 0) is 112 Å². The number of hydrogen-bond acceptors (Lipinski definition) is 6. The number of carbonyl (C=O) groups excluding carboxylic acids is 1. The molecule has 0 fully saturated rings. The fourth-order valence-corrected chi connectivity index (χ4v) is 7.17. The number of rotatable bonds is 19. The van der Waals surface area contributed by atoms with Crippen molar-refractivity contribution < 1.29 is 19.0 Å². The number of benzene rings is 3. The molecule has 3 rings (SSSR count). The predicted molar refractivity (Wildman–Crippen MR) is 190 cm³/mol. The maximum Gasteiger partial charge on any atom is 0.306 e. The number of thioether (sulfide) groups is 1. The van der Waals surface area contributed by atoms with Crippen LogP contribution in [-0.4, -0.2) is 38.1 Å². The highest BCUT2D eigenvalue weighted by Crippen LogP contribution is 2.50. The zero-order valence-electron chi connectivity index (χ0n) is 28.5. The van der Waals surface area contributed by atoms with Crippen LogP contribution in [0.4, 0.5) is 0 Å². The van der Waals surface area contributed by atoms with Gasteiger partial charge >= 0.3 is 5.97 Å². The Hall–Kier alpha value is -3.61. The van der Waals surface area contributed by atoms with Crippen LogP contribution in [0.3, 0.4) is 0 Å². The van der Waals surface area contributed by atoms with Crippen LogP contribution in [0.25, 0.3) is 10.4 Å². The van der Waals surface area contributed by atoms with Gasteiger partial charge in [0.05, 0.1) is 19.0 Å². The Labute approximate surface area is 280 Å². The molecule has 0 spiro atoms. The minimum Gasteiger partial charge on any atom is -0.497 e. The average molecular weight is 646 g/mol. The van der Waals surface area contributed by atoms with Crippen LogP contribution in [0.2, 0.25) is 0 Å². The molecule has 0 heterocycles. The molecule has 0 saturated heterocycles. The monoisotopic (exact) mass is 645 g/mol. The van der Waals surface area contributed by atoms with Crippen molar-refractivity contribution in [2.75, 3.05) is 26.5 Å². The number of unbranched alkanes of at least 4 members (excludes halogenated alkanes) is 5. The maximum atomic E-state index is 12.2. The number of hydrogen-bond donors (Lipinski definition) is 0. The second-order valence-electron chi connectivity index (χ2n) is 12.7. The number of carbonyl (C=O) groups is 1. The van der Waals surface area contributed by atoms with Crippen LogP contribution < -0.4 is 9.47 Å². The highest BCUT2D eigenvalue weighted by Gasteiger charge is 2.37. The van der Waals surface area contributed by atoms with Crippen molar-refractivity contribution in [1.82, 2.24) is 0 Å². The van der Waals surface area contributed by atoms with Gasteiger partial charge in [-0.1, -0.05) is 78.5 Å². The molecular weight excluding hydrogens is 595 g/mol. The van der Waals surface area contributed by atoms with Gasteiger partial charge in [-0.3, -0.25) is 4.79 Å². The van der Waals surface area contributed by atoms with Gasteiger partial charge in [-0.2, -0.15) is 0 Å². The lowest BCUT2D eigenvalue weighted by Crippen LogP contribution is -2.26. The SMILES string of the molecule is COc1ccc(C(SCCCCCCN=[N+]=[N-])(c2ccc(C)cc2)c2ccc(OC)c(CCCCCC(=O)OC(C)(C)C)c2)cc1. The van der Waals surface area contributed by atoms with E-state index in [-0.39, 0.29) is 5.97 Å². The highest BCUT2D eigenvalue weighted by molar-refractivity contribution is 8.00. The standard InChI is InChI=1S/C38H51N3O4S/c1-29-16-18-31(19-17-29)38(32-20-23-34(43-5)24-21-32,46-27-13-8-7-12-26-40-41-39)33-22-25-35(44-6)30(28-33)14-10-9-11-15-36(42)45-37(2,3)4/h16-25,28H,7-15,26-27H2,1-6H3. The van der Waals surface area contributed by atoms with Crippen LogP contribution in [0, 0.1) is 6.92 Å². The Morgan fingerprint density at radius 2 is 1.43 bits per heavy atom. The summed E-state index contributed by atoms with van der Waals surface area (Å²) in [7, 11) is 3.43. The van der Waals surface area contributed by atoms with E-state index >= 15 is 0 Å². The Morgan fingerprint density at radius 1 is 0.804 bits per heavy atom. The second kappa shape index (κ2) is 18.5. The Bertz CT molecular complexity index is 1410. The third kappa shape index (κ3) is 11.0. The van der Waals surface area contributed by atoms with E-state index in [1.165, 1.54) is 27.8 Å². The van der Waals surface area contributed by atoms with Gasteiger partial charge in [0.15, 0.2) is 0 Å². The van der Waals surface area contributed by atoms with Crippen molar-refractivity contribution in [3.8, 4) is 11.5 Å². The topological polar surface area (TPSA) is 93.5 Å². The minimum atomic E-state index is -0.456. The first kappa shape index (κ1) is 36.9. The lowest BCUT2D eigenvalue weighted by molar-refractivity contribution is -0.154. The quantitative estimate of drug-likeness (QED) is 0.0323. The summed E-state index contributed by atoms with van der Waals surface area (Å²) in [5.41, 5.74) is 14.1. The average Bonchev–Trinajstić information content (AvgIpc) is 3.04. The number of esters is 1. The Kier molecular flexibility index (Phi) is 14.8. The fraction of sp³-hybridized carbons (Fsp3) is 0.500. The second-order valence-corrected chi connectivity index (χ2v) is 14.0. The van der Waals surface area contributed by atoms with E-state index < -0.39 is 10.3 Å². The van der Waals surface area contributed by atoms with Crippen molar-refractivity contribution in [2.24, 2.45) is 5.11 Å². The smallest absolute Gasteiger partial charge is 0.306 e. The Morgan fingerprint density at radius 3 is 2.07 bits per heavy atom. The summed E-state index contributed by atoms with van der Waals surface area (Å²) in [6.45, 7) is 8.38. The van der Waals surface area contributed by atoms with E-state index in [2.05, 4.69) is 71.5 Å². The van der Waals surface area contributed by atoms with Gasteiger partial charge in [0.1, 0.15) is 17.1 Å². The van der Waals surface area contributed by atoms with Crippen molar-refractivity contribution >= 4 is 17.7 Å². The molecule has 0 aliphatic carbocycles. The summed E-state index contributed by atoms with van der Waals surface area (Å²) in [5, 5.41) is 3.68. The molecule has 0 radical (unpaired) electrons. The molecule has 0 N–H and O–H groups in total. The molecule has 0 aliphatic heterocycles. The van der Waals surface area contributed by atoms with E-state index in [0.717, 1.165) is 68.6 Å². The molecule has 3 aromatic carbocycles. The third-order valence-corrected chi connectivity index (χ3v) is 9.56. The first-order valence-electron chi connectivity index (χ1n) is 16.4. The molecule has 0 aliphatic rings. The van der Waals surface area contributed by atoms with Crippen LogP contribution in [0.1, 0.15) is 100.0 Å². The van der Waals surface area contributed by atoms with Gasteiger partial charge in [-0.25, -0.2) is 0 Å². The van der Waals surface area contributed by atoms with Gasteiger partial charge in [0.2, 0.25) is 0 Å². The summed E-state index contributed by atoms with van der Waals surface area (Å²) in [5.74, 6) is 2.54. The fourth-order valence-electron chi connectivity index (χ4n) is 5.62. The minimum absolute atomic E-state index is 0.137. The molecule has 3 aromatic rings. The summed E-state index contributed by atoms with van der Waals surface area (Å²) in [4.78, 5) is 15.1. The van der Waals surface area contributed by atoms with Crippen LogP contribution in [-0.2, 0) is 20.7 Å². The van der Waals surface area contributed by atoms with Crippen LogP contribution in [0.5, 0.6) is 11.5 Å². The van der Waals surface area contributed by atoms with E-state index in [4.69, 9.17) is 19.7 Å². The summed E-state index contributed by atoms with van der Waals surface area (Å²) in [6, 6.07) is 24.0. The summed E-state index contributed by atoms with van der Waals surface area (Å²) >= 11 is 1.96. The molecule has 46 heavy (non-hydrogen) atoms. The van der Waals surface area contributed by atoms with E-state index in [0.29, 0.717) is 13.0 Å². The first-order valence-corrected chi connectivity index (χ1v) is 17.4. The first-order chi connectivity index (χ1) is 22.1.